The molecule has 2 aliphatic heterocycles. The van der Waals surface area contributed by atoms with Crippen LogP contribution < -0.4 is 20.5 Å². The Morgan fingerprint density at radius 1 is 1.07 bits per heavy atom. The highest BCUT2D eigenvalue weighted by Crippen LogP contribution is 2.32. The Hall–Kier alpha value is -4.16. The van der Waals surface area contributed by atoms with Gasteiger partial charge in [-0.3, -0.25) is 14.0 Å². The van der Waals surface area contributed by atoms with Crippen molar-refractivity contribution in [3.63, 3.8) is 0 Å². The number of carbonyl (C=O) groups is 1. The molecule has 2 fully saturated rings. The van der Waals surface area contributed by atoms with Gasteiger partial charge in [0.1, 0.15) is 10.4 Å². The highest BCUT2D eigenvalue weighted by atomic mass is 32.1. The van der Waals surface area contributed by atoms with Crippen LogP contribution in [0.15, 0.2) is 53.6 Å². The topological polar surface area (TPSA) is 99.0 Å². The van der Waals surface area contributed by atoms with Crippen LogP contribution in [0.25, 0.3) is 26.1 Å². The van der Waals surface area contributed by atoms with E-state index in [1.807, 2.05) is 33.6 Å². The monoisotopic (exact) mass is 600 g/mol. The smallest absolute Gasteiger partial charge is 0.258 e. The maximum absolute atomic E-state index is 15.7. The number of rotatable bonds is 7. The minimum absolute atomic E-state index is 0.0397. The van der Waals surface area contributed by atoms with Crippen molar-refractivity contribution in [2.75, 3.05) is 55.6 Å². The average molecular weight is 601 g/mol. The zero-order chi connectivity index (χ0) is 29.5. The van der Waals surface area contributed by atoms with Crippen LogP contribution in [0.3, 0.4) is 0 Å². The van der Waals surface area contributed by atoms with Crippen LogP contribution in [0, 0.1) is 5.82 Å². The molecule has 0 saturated carbocycles. The van der Waals surface area contributed by atoms with E-state index < -0.39 is 17.2 Å². The SMILES string of the molecule is CCN1CCCC1CCNC(=O)c1c(=O)c2cc(F)c(N3CCN(c4ncccn4)CC3)nc2n2c1sc1ccccc12. The number of para-hydroxylation sites is 1. The molecule has 0 radical (unpaired) electrons. The summed E-state index contributed by atoms with van der Waals surface area (Å²) >= 11 is 1.38. The summed E-state index contributed by atoms with van der Waals surface area (Å²) in [5, 5.41) is 3.09. The molecule has 7 rings (SSSR count). The molecule has 222 valence electrons. The summed E-state index contributed by atoms with van der Waals surface area (Å²) in [6.45, 7) is 6.96. The fourth-order valence-electron chi connectivity index (χ4n) is 6.47. The van der Waals surface area contributed by atoms with E-state index in [1.54, 1.807) is 18.5 Å². The maximum atomic E-state index is 15.7. The molecule has 4 aromatic heterocycles. The van der Waals surface area contributed by atoms with Gasteiger partial charge >= 0.3 is 0 Å². The van der Waals surface area contributed by atoms with Crippen LogP contribution in [-0.4, -0.2) is 82.0 Å². The van der Waals surface area contributed by atoms with Crippen molar-refractivity contribution in [1.82, 2.24) is 29.6 Å². The molecule has 0 spiro atoms. The predicted octanol–water partition coefficient (Wildman–Crippen LogP) is 3.92. The van der Waals surface area contributed by atoms with E-state index in [1.165, 1.54) is 23.8 Å². The Morgan fingerprint density at radius 2 is 1.84 bits per heavy atom. The van der Waals surface area contributed by atoms with E-state index in [2.05, 4.69) is 32.0 Å². The second kappa shape index (κ2) is 11.5. The van der Waals surface area contributed by atoms with Gasteiger partial charge in [-0.2, -0.15) is 0 Å². The van der Waals surface area contributed by atoms with Crippen LogP contribution in [0.2, 0.25) is 0 Å². The van der Waals surface area contributed by atoms with Gasteiger partial charge in [0.25, 0.3) is 5.91 Å². The van der Waals surface area contributed by atoms with Crippen LogP contribution in [0.1, 0.15) is 36.5 Å². The number of hydrogen-bond acceptors (Lipinski definition) is 9. The number of hydrogen-bond donors (Lipinski definition) is 1. The summed E-state index contributed by atoms with van der Waals surface area (Å²) in [6.07, 6.45) is 6.52. The minimum Gasteiger partial charge on any atom is -0.352 e. The van der Waals surface area contributed by atoms with Crippen molar-refractivity contribution < 1.29 is 9.18 Å². The van der Waals surface area contributed by atoms with Crippen LogP contribution in [0.5, 0.6) is 0 Å². The molecule has 6 heterocycles. The number of piperazine rings is 1. The normalized spacial score (nSPS) is 17.9. The summed E-state index contributed by atoms with van der Waals surface area (Å²) in [4.78, 5) is 47.8. The summed E-state index contributed by atoms with van der Waals surface area (Å²) in [6, 6.07) is 11.2. The van der Waals surface area contributed by atoms with Crippen molar-refractivity contribution in [3.8, 4) is 0 Å². The van der Waals surface area contributed by atoms with Crippen molar-refractivity contribution in [2.45, 2.75) is 32.2 Å². The van der Waals surface area contributed by atoms with Gasteiger partial charge in [0, 0.05) is 51.2 Å². The third-order valence-electron chi connectivity index (χ3n) is 8.66. The van der Waals surface area contributed by atoms with Crippen molar-refractivity contribution in [1.29, 1.82) is 0 Å². The van der Waals surface area contributed by atoms with E-state index >= 15 is 4.39 Å². The van der Waals surface area contributed by atoms with Gasteiger partial charge < -0.3 is 20.0 Å². The lowest BCUT2D eigenvalue weighted by molar-refractivity contribution is 0.0950. The summed E-state index contributed by atoms with van der Waals surface area (Å²) in [5.74, 6) is -0.177. The Balaban J connectivity index is 1.25. The standard InChI is InChI=1S/C31H33FN8O2S/c1-2-37-14-5-7-20(37)10-13-33-29(42)25-26(41)21-19-22(32)28(38-15-17-39(18-16-38)31-34-11-6-12-35-31)36-27(21)40-23-8-3-4-9-24(23)43-30(25)40/h3-4,6,8-9,11-12,19-20H,2,5,7,10,13-18H2,1H3,(H,33,42). The van der Waals surface area contributed by atoms with Crippen LogP contribution in [-0.2, 0) is 0 Å². The fourth-order valence-corrected chi connectivity index (χ4v) is 7.66. The molecule has 1 aromatic carbocycles. The molecule has 43 heavy (non-hydrogen) atoms. The number of likely N-dealkylation sites (tertiary alicyclic amines) is 1. The molecule has 2 saturated heterocycles. The molecule has 1 atom stereocenters. The predicted molar refractivity (Wildman–Crippen MR) is 168 cm³/mol. The molecular weight excluding hydrogens is 567 g/mol. The summed E-state index contributed by atoms with van der Waals surface area (Å²) in [5.41, 5.74) is 0.711. The van der Waals surface area contributed by atoms with Gasteiger partial charge in [-0.15, -0.1) is 11.3 Å². The molecule has 12 heteroatoms. The Morgan fingerprint density at radius 3 is 2.63 bits per heavy atom. The van der Waals surface area contributed by atoms with Gasteiger partial charge in [0.15, 0.2) is 17.3 Å². The lowest BCUT2D eigenvalue weighted by Gasteiger charge is -2.35. The maximum Gasteiger partial charge on any atom is 0.258 e. The van der Waals surface area contributed by atoms with E-state index in [9.17, 15) is 9.59 Å². The van der Waals surface area contributed by atoms with Crippen LogP contribution >= 0.6 is 11.3 Å². The second-order valence-electron chi connectivity index (χ2n) is 11.1. The van der Waals surface area contributed by atoms with Crippen molar-refractivity contribution >= 4 is 55.1 Å². The number of benzene rings is 1. The highest BCUT2D eigenvalue weighted by molar-refractivity contribution is 7.24. The number of fused-ring (bicyclic) bond motifs is 5. The van der Waals surface area contributed by atoms with E-state index in [4.69, 9.17) is 4.98 Å². The first-order valence-corrected chi connectivity index (χ1v) is 15.7. The number of amides is 1. The van der Waals surface area contributed by atoms with Crippen LogP contribution in [0.4, 0.5) is 16.2 Å². The highest BCUT2D eigenvalue weighted by Gasteiger charge is 2.28. The van der Waals surface area contributed by atoms with Gasteiger partial charge in [0.2, 0.25) is 11.4 Å². The van der Waals surface area contributed by atoms with Crippen molar-refractivity contribution in [2.24, 2.45) is 0 Å². The third kappa shape index (κ3) is 4.98. The van der Waals surface area contributed by atoms with E-state index in [0.29, 0.717) is 55.2 Å². The molecule has 2 aliphatic rings. The Kier molecular flexibility index (Phi) is 7.39. The van der Waals surface area contributed by atoms with E-state index in [0.717, 1.165) is 36.1 Å². The van der Waals surface area contributed by atoms with Gasteiger partial charge in [-0.1, -0.05) is 19.1 Å². The number of nitrogens with one attached hydrogen (secondary N) is 1. The number of pyridine rings is 2. The summed E-state index contributed by atoms with van der Waals surface area (Å²) < 4.78 is 18.5. The zero-order valence-electron chi connectivity index (χ0n) is 24.0. The summed E-state index contributed by atoms with van der Waals surface area (Å²) in [7, 11) is 0. The molecule has 1 amide bonds. The first kappa shape index (κ1) is 27.7. The molecule has 0 aliphatic carbocycles. The van der Waals surface area contributed by atoms with Crippen molar-refractivity contribution in [3.05, 3.63) is 70.4 Å². The Labute approximate surface area is 251 Å². The molecule has 1 unspecified atom stereocenters. The average Bonchev–Trinajstić information content (AvgIpc) is 3.66. The number of halogens is 1. The first-order chi connectivity index (χ1) is 21.0. The number of aromatic nitrogens is 4. The molecule has 1 N–H and O–H groups in total. The molecule has 5 aromatic rings. The molecular formula is C31H33FN8O2S. The number of anilines is 2. The second-order valence-corrected chi connectivity index (χ2v) is 12.1. The molecule has 0 bridgehead atoms. The minimum atomic E-state index is -0.583. The number of nitrogens with zero attached hydrogens (tertiary/aromatic N) is 7. The van der Waals surface area contributed by atoms with Gasteiger partial charge in [-0.05, 0) is 56.6 Å². The Bertz CT molecular complexity index is 1870. The van der Waals surface area contributed by atoms with Gasteiger partial charge in [-0.25, -0.2) is 19.3 Å². The lowest BCUT2D eigenvalue weighted by atomic mass is 10.1. The van der Waals surface area contributed by atoms with Gasteiger partial charge in [0.05, 0.1) is 15.6 Å². The number of carbonyl (C=O) groups excluding carboxylic acids is 1. The fraction of sp³-hybridized carbons (Fsp3) is 0.387. The third-order valence-corrected chi connectivity index (χ3v) is 9.81. The quantitative estimate of drug-likeness (QED) is 0.300. The first-order valence-electron chi connectivity index (χ1n) is 14.9. The van der Waals surface area contributed by atoms with E-state index in [-0.39, 0.29) is 16.8 Å². The zero-order valence-corrected chi connectivity index (χ0v) is 24.8. The molecule has 10 nitrogen and oxygen atoms in total. The largest absolute Gasteiger partial charge is 0.352 e. The lowest BCUT2D eigenvalue weighted by Crippen LogP contribution is -2.47. The number of thiazole rings is 1.